The Balaban J connectivity index is 1.97. The van der Waals surface area contributed by atoms with Crippen molar-refractivity contribution in [2.45, 2.75) is 26.8 Å². The van der Waals surface area contributed by atoms with Crippen LogP contribution in [0.1, 0.15) is 19.5 Å². The van der Waals surface area contributed by atoms with E-state index in [0.717, 1.165) is 11.3 Å². The fourth-order valence-corrected chi connectivity index (χ4v) is 2.20. The molecule has 0 aliphatic heterocycles. The van der Waals surface area contributed by atoms with Gasteiger partial charge in [0.25, 0.3) is 0 Å². The number of rotatable bonds is 5. The molecule has 7 heteroatoms. The van der Waals surface area contributed by atoms with Crippen LogP contribution >= 0.6 is 0 Å². The number of carbonyl (C=O) groups is 2. The topological polar surface area (TPSA) is 87.2 Å². The molecule has 0 saturated carbocycles. The maximum Gasteiger partial charge on any atom is 0.319 e. The maximum absolute atomic E-state index is 12.0. The lowest BCUT2D eigenvalue weighted by molar-refractivity contribution is -0.131. The fraction of sp³-hybridized carbons (Fsp3) is 0.333. The molecule has 2 N–H and O–H groups in total. The fourth-order valence-electron chi connectivity index (χ4n) is 2.20. The van der Waals surface area contributed by atoms with Crippen LogP contribution in [0.2, 0.25) is 0 Å². The molecule has 0 aliphatic carbocycles. The lowest BCUT2D eigenvalue weighted by Crippen LogP contribution is -2.46. The molecule has 2 aromatic rings. The van der Waals surface area contributed by atoms with Crippen molar-refractivity contribution in [1.29, 1.82) is 0 Å². The first-order valence-corrected chi connectivity index (χ1v) is 8.13. The van der Waals surface area contributed by atoms with E-state index >= 15 is 0 Å². The summed E-state index contributed by atoms with van der Waals surface area (Å²) >= 11 is 0. The van der Waals surface area contributed by atoms with Gasteiger partial charge in [0, 0.05) is 36.7 Å². The normalized spacial score (nSPS) is 11.5. The first kappa shape index (κ1) is 18.4. The second-order valence-electron chi connectivity index (χ2n) is 5.77. The summed E-state index contributed by atoms with van der Waals surface area (Å²) in [5.41, 5.74) is 2.38. The average molecular weight is 341 g/mol. The van der Waals surface area contributed by atoms with E-state index in [1.165, 1.54) is 0 Å². The SMILES string of the molecule is CCN(C)C(=O)[C@H](C)NC(=O)Nc1ccc(-c2nccc(C)n2)cc1. The van der Waals surface area contributed by atoms with Gasteiger partial charge in [0.1, 0.15) is 6.04 Å². The first-order valence-electron chi connectivity index (χ1n) is 8.13. The monoisotopic (exact) mass is 341 g/mol. The van der Waals surface area contributed by atoms with Crippen LogP contribution in [-0.2, 0) is 4.79 Å². The number of likely N-dealkylation sites (N-methyl/N-ethyl adjacent to an activating group) is 1. The molecule has 1 heterocycles. The molecule has 0 saturated heterocycles. The summed E-state index contributed by atoms with van der Waals surface area (Å²) in [5, 5.41) is 5.34. The minimum atomic E-state index is -0.593. The molecule has 7 nitrogen and oxygen atoms in total. The zero-order valence-electron chi connectivity index (χ0n) is 14.9. The van der Waals surface area contributed by atoms with Gasteiger partial charge < -0.3 is 15.5 Å². The van der Waals surface area contributed by atoms with Gasteiger partial charge in [-0.3, -0.25) is 4.79 Å². The van der Waals surface area contributed by atoms with Gasteiger partial charge in [0.2, 0.25) is 5.91 Å². The van der Waals surface area contributed by atoms with Crippen LogP contribution < -0.4 is 10.6 Å². The van der Waals surface area contributed by atoms with Gasteiger partial charge in [0.05, 0.1) is 0 Å². The van der Waals surface area contributed by atoms with E-state index in [9.17, 15) is 9.59 Å². The van der Waals surface area contributed by atoms with Crippen LogP contribution in [0, 0.1) is 6.92 Å². The summed E-state index contributed by atoms with van der Waals surface area (Å²) in [6.45, 7) is 6.04. The van der Waals surface area contributed by atoms with E-state index in [0.29, 0.717) is 18.1 Å². The number of aryl methyl sites for hydroxylation is 1. The third kappa shape index (κ3) is 5.00. The predicted molar refractivity (Wildman–Crippen MR) is 97.1 cm³/mol. The van der Waals surface area contributed by atoms with Crippen LogP contribution in [0.15, 0.2) is 36.5 Å². The van der Waals surface area contributed by atoms with E-state index in [2.05, 4.69) is 20.6 Å². The zero-order valence-corrected chi connectivity index (χ0v) is 14.9. The smallest absolute Gasteiger partial charge is 0.319 e. The average Bonchev–Trinajstić information content (AvgIpc) is 2.60. The van der Waals surface area contributed by atoms with Gasteiger partial charge in [-0.1, -0.05) is 0 Å². The van der Waals surface area contributed by atoms with Gasteiger partial charge >= 0.3 is 6.03 Å². The Morgan fingerprint density at radius 1 is 1.20 bits per heavy atom. The second-order valence-corrected chi connectivity index (χ2v) is 5.77. The molecular weight excluding hydrogens is 318 g/mol. The van der Waals surface area contributed by atoms with Crippen molar-refractivity contribution in [3.05, 3.63) is 42.2 Å². The molecule has 0 aliphatic rings. The molecule has 0 spiro atoms. The summed E-state index contributed by atoms with van der Waals surface area (Å²) in [6, 6.07) is 8.03. The molecule has 3 amide bonds. The number of benzene rings is 1. The van der Waals surface area contributed by atoms with E-state index in [-0.39, 0.29) is 5.91 Å². The molecule has 0 radical (unpaired) electrons. The van der Waals surface area contributed by atoms with Crippen LogP contribution in [0.3, 0.4) is 0 Å². The quantitative estimate of drug-likeness (QED) is 0.874. The van der Waals surface area contributed by atoms with Gasteiger partial charge in [-0.25, -0.2) is 14.8 Å². The second kappa shape index (κ2) is 8.23. The highest BCUT2D eigenvalue weighted by Crippen LogP contribution is 2.17. The molecule has 0 fully saturated rings. The highest BCUT2D eigenvalue weighted by molar-refractivity contribution is 5.93. The van der Waals surface area contributed by atoms with Crippen LogP contribution in [0.25, 0.3) is 11.4 Å². The van der Waals surface area contributed by atoms with E-state index < -0.39 is 12.1 Å². The highest BCUT2D eigenvalue weighted by Gasteiger charge is 2.18. The largest absolute Gasteiger partial charge is 0.344 e. The third-order valence-electron chi connectivity index (χ3n) is 3.76. The molecule has 25 heavy (non-hydrogen) atoms. The number of nitrogens with one attached hydrogen (secondary N) is 2. The lowest BCUT2D eigenvalue weighted by Gasteiger charge is -2.20. The minimum Gasteiger partial charge on any atom is -0.344 e. The number of hydrogen-bond acceptors (Lipinski definition) is 4. The van der Waals surface area contributed by atoms with Crippen LogP contribution in [0.5, 0.6) is 0 Å². The highest BCUT2D eigenvalue weighted by atomic mass is 16.2. The third-order valence-corrected chi connectivity index (χ3v) is 3.76. The number of carbonyl (C=O) groups excluding carboxylic acids is 2. The van der Waals surface area contributed by atoms with E-state index in [1.807, 2.05) is 32.0 Å². The molecule has 1 aromatic carbocycles. The first-order chi connectivity index (χ1) is 11.9. The number of anilines is 1. The van der Waals surface area contributed by atoms with Crippen molar-refractivity contribution in [1.82, 2.24) is 20.2 Å². The maximum atomic E-state index is 12.0. The molecule has 132 valence electrons. The van der Waals surface area contributed by atoms with Crippen molar-refractivity contribution in [2.24, 2.45) is 0 Å². The molecule has 1 atom stereocenters. The summed E-state index contributed by atoms with van der Waals surface area (Å²) in [5.74, 6) is 0.502. The summed E-state index contributed by atoms with van der Waals surface area (Å²) in [6.07, 6.45) is 1.71. The van der Waals surface area contributed by atoms with Crippen LogP contribution in [0.4, 0.5) is 10.5 Å². The summed E-state index contributed by atoms with van der Waals surface area (Å²) < 4.78 is 0. The molecular formula is C18H23N5O2. The Morgan fingerprint density at radius 3 is 2.48 bits per heavy atom. The number of urea groups is 1. The molecule has 0 bridgehead atoms. The Morgan fingerprint density at radius 2 is 1.88 bits per heavy atom. The Bertz CT molecular complexity index is 745. The predicted octanol–water partition coefficient (Wildman–Crippen LogP) is 2.44. The number of hydrogen-bond donors (Lipinski definition) is 2. The molecule has 0 unspecified atom stereocenters. The Kier molecular flexibility index (Phi) is 6.05. The Labute approximate surface area is 147 Å². The van der Waals surface area contributed by atoms with Gasteiger partial charge in [-0.15, -0.1) is 0 Å². The van der Waals surface area contributed by atoms with Crippen molar-refractivity contribution in [3.63, 3.8) is 0 Å². The van der Waals surface area contributed by atoms with Crippen molar-refractivity contribution in [2.75, 3.05) is 18.9 Å². The Hall–Kier alpha value is -2.96. The standard InChI is InChI=1S/C18H23N5O2/c1-5-23(4)17(24)13(3)21-18(25)22-15-8-6-14(7-9-15)16-19-11-10-12(2)20-16/h6-11,13H,5H2,1-4H3,(H2,21,22,25)/t13-/m0/s1. The number of nitrogens with zero attached hydrogens (tertiary/aromatic N) is 3. The minimum absolute atomic E-state index is 0.135. The summed E-state index contributed by atoms with van der Waals surface area (Å²) in [4.78, 5) is 34.1. The molecule has 2 rings (SSSR count). The van der Waals surface area contributed by atoms with E-state index in [1.54, 1.807) is 37.2 Å². The molecule has 1 aromatic heterocycles. The van der Waals surface area contributed by atoms with Gasteiger partial charge in [0.15, 0.2) is 5.82 Å². The number of aromatic nitrogens is 2. The van der Waals surface area contributed by atoms with Crippen molar-refractivity contribution < 1.29 is 9.59 Å². The number of amides is 3. The summed E-state index contributed by atoms with van der Waals surface area (Å²) in [7, 11) is 1.70. The zero-order chi connectivity index (χ0) is 18.4. The van der Waals surface area contributed by atoms with Gasteiger partial charge in [-0.2, -0.15) is 0 Å². The van der Waals surface area contributed by atoms with Crippen LogP contribution in [-0.4, -0.2) is 46.4 Å². The van der Waals surface area contributed by atoms with Crippen molar-refractivity contribution >= 4 is 17.6 Å². The van der Waals surface area contributed by atoms with Crippen molar-refractivity contribution in [3.8, 4) is 11.4 Å². The van der Waals surface area contributed by atoms with E-state index in [4.69, 9.17) is 0 Å². The van der Waals surface area contributed by atoms with Gasteiger partial charge in [-0.05, 0) is 51.1 Å². The lowest BCUT2D eigenvalue weighted by atomic mass is 10.2.